The second kappa shape index (κ2) is 9.98. The average molecular weight is 538 g/mol. The van der Waals surface area contributed by atoms with Crippen molar-refractivity contribution < 1.29 is 27.0 Å². The summed E-state index contributed by atoms with van der Waals surface area (Å²) in [6.07, 6.45) is 0. The summed E-state index contributed by atoms with van der Waals surface area (Å²) in [6, 6.07) is 14.7. The van der Waals surface area contributed by atoms with Crippen molar-refractivity contribution in [2.45, 2.75) is 11.4 Å². The normalized spacial score (nSPS) is 11.4. The summed E-state index contributed by atoms with van der Waals surface area (Å²) in [4.78, 5) is 9.99. The lowest BCUT2D eigenvalue weighted by Gasteiger charge is -2.07. The Hall–Kier alpha value is -3.54. The van der Waals surface area contributed by atoms with Crippen LogP contribution in [-0.2, 0) is 16.7 Å². The van der Waals surface area contributed by atoms with Crippen LogP contribution in [0, 0.1) is 10.1 Å². The standard InChI is InChI=1S/C22H17Cl2N3O7S/c1-32-17-7-9-20-18(13-17)22(34-35(30,31)21-12-14(23)2-8-19(21)24)25-26(20)10-11-33-16-5-3-15(4-6-16)27(28)29/h2-9,12-13H,10-11H2,1H3. The zero-order chi connectivity index (χ0) is 25.2. The highest BCUT2D eigenvalue weighted by Gasteiger charge is 2.25. The van der Waals surface area contributed by atoms with Gasteiger partial charge in [0.2, 0.25) is 0 Å². The Morgan fingerprint density at radius 3 is 2.43 bits per heavy atom. The van der Waals surface area contributed by atoms with E-state index in [1.54, 1.807) is 18.2 Å². The fraction of sp³-hybridized carbons (Fsp3) is 0.136. The van der Waals surface area contributed by atoms with E-state index in [1.165, 1.54) is 54.3 Å². The number of hydrogen-bond acceptors (Lipinski definition) is 8. The molecule has 0 saturated heterocycles. The molecule has 0 N–H and O–H groups in total. The monoisotopic (exact) mass is 537 g/mol. The maximum atomic E-state index is 12.9. The molecule has 3 aromatic carbocycles. The van der Waals surface area contributed by atoms with Gasteiger partial charge in [-0.25, -0.2) is 0 Å². The first-order chi connectivity index (χ1) is 16.7. The third kappa shape index (κ3) is 5.42. The Labute approximate surface area is 209 Å². The predicted molar refractivity (Wildman–Crippen MR) is 129 cm³/mol. The van der Waals surface area contributed by atoms with Crippen LogP contribution in [0.15, 0.2) is 65.6 Å². The maximum absolute atomic E-state index is 12.9. The van der Waals surface area contributed by atoms with Gasteiger partial charge in [-0.15, -0.1) is 5.10 Å². The number of nitro groups is 1. The number of nitrogens with zero attached hydrogens (tertiary/aromatic N) is 3. The lowest BCUT2D eigenvalue weighted by atomic mass is 10.2. The summed E-state index contributed by atoms with van der Waals surface area (Å²) < 4.78 is 43.6. The molecule has 35 heavy (non-hydrogen) atoms. The van der Waals surface area contributed by atoms with Crippen molar-refractivity contribution in [3.63, 3.8) is 0 Å². The van der Waals surface area contributed by atoms with Crippen molar-refractivity contribution in [1.29, 1.82) is 0 Å². The average Bonchev–Trinajstić information content (AvgIpc) is 3.16. The summed E-state index contributed by atoms with van der Waals surface area (Å²) in [5, 5.41) is 15.6. The van der Waals surface area contributed by atoms with E-state index in [9.17, 15) is 18.5 Å². The van der Waals surface area contributed by atoms with E-state index in [-0.39, 0.29) is 39.7 Å². The van der Waals surface area contributed by atoms with Gasteiger partial charge in [0.25, 0.3) is 11.6 Å². The second-order valence-corrected chi connectivity index (χ2v) is 9.48. The number of nitro benzene ring substituents is 1. The highest BCUT2D eigenvalue weighted by atomic mass is 35.5. The number of fused-ring (bicyclic) bond motifs is 1. The van der Waals surface area contributed by atoms with Crippen molar-refractivity contribution in [3.05, 3.63) is 80.8 Å². The van der Waals surface area contributed by atoms with Crippen molar-refractivity contribution in [2.75, 3.05) is 13.7 Å². The molecule has 0 radical (unpaired) electrons. The van der Waals surface area contributed by atoms with E-state index in [0.717, 1.165) is 0 Å². The fourth-order valence-electron chi connectivity index (χ4n) is 3.22. The zero-order valence-corrected chi connectivity index (χ0v) is 20.4. The minimum atomic E-state index is -4.36. The summed E-state index contributed by atoms with van der Waals surface area (Å²) >= 11 is 12.0. The highest BCUT2D eigenvalue weighted by molar-refractivity contribution is 7.87. The molecule has 4 rings (SSSR count). The quantitative estimate of drug-likeness (QED) is 0.164. The molecule has 0 atom stereocenters. The number of benzene rings is 3. The van der Waals surface area contributed by atoms with Crippen molar-refractivity contribution in [1.82, 2.24) is 9.78 Å². The molecule has 0 amide bonds. The van der Waals surface area contributed by atoms with Gasteiger partial charge in [-0.2, -0.15) is 8.42 Å². The fourth-order valence-corrected chi connectivity index (χ4v) is 4.86. The largest absolute Gasteiger partial charge is 0.497 e. The van der Waals surface area contributed by atoms with E-state index in [2.05, 4.69) is 5.10 Å². The number of hydrogen-bond donors (Lipinski definition) is 0. The molecule has 13 heteroatoms. The molecule has 0 spiro atoms. The van der Waals surface area contributed by atoms with Gasteiger partial charge in [-0.05, 0) is 48.5 Å². The first kappa shape index (κ1) is 24.6. The number of non-ortho nitro benzene ring substituents is 1. The minimum absolute atomic E-state index is 0.0489. The summed E-state index contributed by atoms with van der Waals surface area (Å²) in [6.45, 7) is 0.369. The number of aromatic nitrogens is 2. The number of halogens is 2. The van der Waals surface area contributed by atoms with Crippen LogP contribution in [-0.4, -0.2) is 36.8 Å². The van der Waals surface area contributed by atoms with Crippen LogP contribution < -0.4 is 13.7 Å². The molecule has 182 valence electrons. The molecule has 4 aromatic rings. The maximum Gasteiger partial charge on any atom is 0.342 e. The lowest BCUT2D eigenvalue weighted by Crippen LogP contribution is -2.12. The van der Waals surface area contributed by atoms with Gasteiger partial charge in [-0.1, -0.05) is 23.2 Å². The molecule has 0 aliphatic heterocycles. The molecule has 0 aliphatic rings. The molecule has 0 aliphatic carbocycles. The van der Waals surface area contributed by atoms with E-state index in [4.69, 9.17) is 36.9 Å². The molecule has 1 aromatic heterocycles. The highest BCUT2D eigenvalue weighted by Crippen LogP contribution is 2.33. The van der Waals surface area contributed by atoms with Crippen molar-refractivity contribution in [2.24, 2.45) is 0 Å². The Kier molecular flexibility index (Phi) is 7.01. The van der Waals surface area contributed by atoms with Gasteiger partial charge in [-0.3, -0.25) is 14.8 Å². The number of rotatable bonds is 9. The van der Waals surface area contributed by atoms with Crippen LogP contribution in [0.3, 0.4) is 0 Å². The van der Waals surface area contributed by atoms with Crippen molar-refractivity contribution in [3.8, 4) is 17.4 Å². The molecular formula is C22H17Cl2N3O7S. The number of ether oxygens (including phenoxy) is 2. The Bertz CT molecular complexity index is 1510. The molecule has 0 fully saturated rings. The van der Waals surface area contributed by atoms with Crippen molar-refractivity contribution >= 4 is 49.9 Å². The zero-order valence-electron chi connectivity index (χ0n) is 18.1. The second-order valence-electron chi connectivity index (χ2n) is 7.12. The third-order valence-corrected chi connectivity index (χ3v) is 6.82. The Balaban J connectivity index is 1.61. The first-order valence-corrected chi connectivity index (χ1v) is 12.2. The van der Waals surface area contributed by atoms with Crippen LogP contribution >= 0.6 is 23.2 Å². The topological polar surface area (TPSA) is 123 Å². The molecule has 0 saturated carbocycles. The number of methoxy groups -OCH3 is 1. The van der Waals surface area contributed by atoms with Gasteiger partial charge in [0.15, 0.2) is 0 Å². The van der Waals surface area contributed by atoms with Gasteiger partial charge in [0.1, 0.15) is 23.0 Å². The van der Waals surface area contributed by atoms with Crippen LogP contribution in [0.4, 0.5) is 5.69 Å². The van der Waals surface area contributed by atoms with Gasteiger partial charge in [0, 0.05) is 17.2 Å². The minimum Gasteiger partial charge on any atom is -0.497 e. The molecular weight excluding hydrogens is 521 g/mol. The van der Waals surface area contributed by atoms with Crippen LogP contribution in [0.25, 0.3) is 10.9 Å². The molecule has 10 nitrogen and oxygen atoms in total. The summed E-state index contributed by atoms with van der Waals surface area (Å²) in [5.41, 5.74) is 0.521. The Morgan fingerprint density at radius 2 is 1.74 bits per heavy atom. The van der Waals surface area contributed by atoms with Crippen LogP contribution in [0.1, 0.15) is 0 Å². The predicted octanol–water partition coefficient (Wildman–Crippen LogP) is 5.11. The first-order valence-electron chi connectivity index (χ1n) is 9.99. The van der Waals surface area contributed by atoms with Crippen LogP contribution in [0.2, 0.25) is 10.0 Å². The lowest BCUT2D eigenvalue weighted by molar-refractivity contribution is -0.384. The van der Waals surface area contributed by atoms with E-state index >= 15 is 0 Å². The van der Waals surface area contributed by atoms with Gasteiger partial charge >= 0.3 is 10.1 Å². The van der Waals surface area contributed by atoms with Crippen LogP contribution in [0.5, 0.6) is 17.4 Å². The SMILES string of the molecule is COc1ccc2c(c1)c(OS(=O)(=O)c1cc(Cl)ccc1Cl)nn2CCOc1ccc([N+](=O)[O-])cc1. The molecule has 0 bridgehead atoms. The third-order valence-electron chi connectivity index (χ3n) is 4.89. The van der Waals surface area contributed by atoms with E-state index in [0.29, 0.717) is 22.4 Å². The molecule has 1 heterocycles. The smallest absolute Gasteiger partial charge is 0.342 e. The summed E-state index contributed by atoms with van der Waals surface area (Å²) in [5.74, 6) is 0.732. The Morgan fingerprint density at radius 1 is 1.03 bits per heavy atom. The van der Waals surface area contributed by atoms with Gasteiger partial charge in [0.05, 0.1) is 34.5 Å². The van der Waals surface area contributed by atoms with E-state index in [1.807, 2.05) is 0 Å². The van der Waals surface area contributed by atoms with E-state index < -0.39 is 15.0 Å². The summed E-state index contributed by atoms with van der Waals surface area (Å²) in [7, 11) is -2.88. The van der Waals surface area contributed by atoms with Gasteiger partial charge < -0.3 is 13.7 Å². The molecule has 0 unspecified atom stereocenters.